The van der Waals surface area contributed by atoms with Crippen LogP contribution >= 0.6 is 11.8 Å². The molecule has 1 atom stereocenters. The highest BCUT2D eigenvalue weighted by Crippen LogP contribution is 2.35. The van der Waals surface area contributed by atoms with Gasteiger partial charge in [0.2, 0.25) is 18.6 Å². The first-order valence-corrected chi connectivity index (χ1v) is 12.0. The summed E-state index contributed by atoms with van der Waals surface area (Å²) in [4.78, 5) is 32.5. The van der Waals surface area contributed by atoms with Crippen molar-refractivity contribution in [3.63, 3.8) is 0 Å². The number of aliphatic imine (C=N–C) groups is 1. The third-order valence-electron chi connectivity index (χ3n) is 5.62. The first kappa shape index (κ1) is 23.7. The maximum absolute atomic E-state index is 13.3. The fourth-order valence-corrected chi connectivity index (χ4v) is 4.84. The molecular weight excluding hydrogens is 485 g/mol. The third kappa shape index (κ3) is 5.28. The number of methoxy groups -OCH3 is 1. The highest BCUT2D eigenvalue weighted by Gasteiger charge is 2.36. The molecule has 1 saturated heterocycles. The lowest BCUT2D eigenvalue weighted by Crippen LogP contribution is -2.44. The van der Waals surface area contributed by atoms with E-state index in [2.05, 4.69) is 10.3 Å². The molecular formula is C26H22FN3O5S. The smallest absolute Gasteiger partial charge is 0.238 e. The number of rotatable bonds is 6. The average Bonchev–Trinajstić information content (AvgIpc) is 3.35. The molecule has 2 aliphatic heterocycles. The molecule has 36 heavy (non-hydrogen) atoms. The molecule has 0 radical (unpaired) electrons. The van der Waals surface area contributed by atoms with Crippen molar-refractivity contribution < 1.29 is 28.2 Å². The summed E-state index contributed by atoms with van der Waals surface area (Å²) in [5, 5.41) is 2.45. The number of fused-ring (bicyclic) bond motifs is 1. The lowest BCUT2D eigenvalue weighted by molar-refractivity contribution is -0.129. The summed E-state index contributed by atoms with van der Waals surface area (Å²) in [7, 11) is 1.58. The summed E-state index contributed by atoms with van der Waals surface area (Å²) in [5.41, 5.74) is 1.90. The minimum atomic E-state index is -0.701. The molecule has 1 fully saturated rings. The minimum absolute atomic E-state index is 0.0100. The Balaban J connectivity index is 1.40. The highest BCUT2D eigenvalue weighted by atomic mass is 32.2. The number of carbonyl (C=O) groups excluding carboxylic acids is 2. The summed E-state index contributed by atoms with van der Waals surface area (Å²) >= 11 is 1.21. The molecule has 1 N–H and O–H groups in total. The number of hydrogen-bond donors (Lipinski definition) is 1. The monoisotopic (exact) mass is 507 g/mol. The van der Waals surface area contributed by atoms with Crippen molar-refractivity contribution in [1.29, 1.82) is 0 Å². The van der Waals surface area contributed by atoms with Crippen molar-refractivity contribution in [2.24, 2.45) is 4.99 Å². The van der Waals surface area contributed by atoms with Crippen molar-refractivity contribution in [3.8, 4) is 17.2 Å². The number of anilines is 1. The Bertz CT molecular complexity index is 1310. The van der Waals surface area contributed by atoms with Gasteiger partial charge >= 0.3 is 0 Å². The van der Waals surface area contributed by atoms with E-state index in [1.165, 1.54) is 36.0 Å². The van der Waals surface area contributed by atoms with Crippen LogP contribution in [0.15, 0.2) is 71.7 Å². The first-order valence-electron chi connectivity index (χ1n) is 11.1. The summed E-state index contributed by atoms with van der Waals surface area (Å²) in [6, 6.07) is 18.1. The Morgan fingerprint density at radius 3 is 2.61 bits per heavy atom. The van der Waals surface area contributed by atoms with E-state index in [9.17, 15) is 14.0 Å². The van der Waals surface area contributed by atoms with Crippen LogP contribution < -0.4 is 19.5 Å². The second-order valence-corrected chi connectivity index (χ2v) is 9.24. The molecule has 2 heterocycles. The van der Waals surface area contributed by atoms with Gasteiger partial charge in [-0.1, -0.05) is 17.8 Å². The van der Waals surface area contributed by atoms with Gasteiger partial charge < -0.3 is 19.5 Å². The van der Waals surface area contributed by atoms with Gasteiger partial charge in [0.1, 0.15) is 16.8 Å². The number of amidine groups is 1. The topological polar surface area (TPSA) is 89.5 Å². The maximum atomic E-state index is 13.3. The molecule has 0 bridgehead atoms. The van der Waals surface area contributed by atoms with Gasteiger partial charge in [0, 0.05) is 12.1 Å². The Hall–Kier alpha value is -4.05. The molecule has 10 heteroatoms. The molecule has 2 aliphatic rings. The molecule has 0 unspecified atom stereocenters. The van der Waals surface area contributed by atoms with E-state index in [4.69, 9.17) is 14.2 Å². The number of carbonyl (C=O) groups is 2. The predicted octanol–water partition coefficient (Wildman–Crippen LogP) is 4.72. The van der Waals surface area contributed by atoms with Crippen molar-refractivity contribution in [2.75, 3.05) is 19.2 Å². The van der Waals surface area contributed by atoms with Crippen molar-refractivity contribution >= 4 is 40.1 Å². The standard InChI is InChI=1S/C26H22FN3O5S/c1-33-20-9-7-19(8-10-20)29-26-30(14-16-2-11-21-22(12-16)35-15-34-21)24(31)13-23(36-26)25(32)28-18-5-3-17(27)4-6-18/h2-12,23H,13-15H2,1H3,(H,28,32)/t23-/m1/s1. The Morgan fingerprint density at radius 1 is 1.11 bits per heavy atom. The van der Waals surface area contributed by atoms with Crippen molar-refractivity contribution in [2.45, 2.75) is 18.2 Å². The van der Waals surface area contributed by atoms with Crippen LogP contribution in [0.1, 0.15) is 12.0 Å². The quantitative estimate of drug-likeness (QED) is 0.519. The van der Waals surface area contributed by atoms with Gasteiger partial charge in [-0.15, -0.1) is 0 Å². The van der Waals surface area contributed by atoms with E-state index in [0.29, 0.717) is 33.8 Å². The second-order valence-electron chi connectivity index (χ2n) is 8.07. The molecule has 5 rings (SSSR count). The molecule has 8 nitrogen and oxygen atoms in total. The minimum Gasteiger partial charge on any atom is -0.497 e. The van der Waals surface area contributed by atoms with Gasteiger partial charge in [0.05, 0.1) is 19.3 Å². The molecule has 0 aliphatic carbocycles. The molecule has 2 amide bonds. The normalized spacial score (nSPS) is 17.8. The van der Waals surface area contributed by atoms with Crippen LogP contribution in [0.5, 0.6) is 17.2 Å². The largest absolute Gasteiger partial charge is 0.497 e. The van der Waals surface area contributed by atoms with E-state index in [-0.39, 0.29) is 31.6 Å². The van der Waals surface area contributed by atoms with Gasteiger partial charge in [-0.3, -0.25) is 14.5 Å². The number of ether oxygens (including phenoxy) is 3. The van der Waals surface area contributed by atoms with Crippen LogP contribution in [0.4, 0.5) is 15.8 Å². The lowest BCUT2D eigenvalue weighted by Gasteiger charge is -2.32. The number of hydrogen-bond acceptors (Lipinski definition) is 7. The average molecular weight is 508 g/mol. The molecule has 3 aromatic carbocycles. The second kappa shape index (κ2) is 10.3. The van der Waals surface area contributed by atoms with Gasteiger partial charge in [0.25, 0.3) is 0 Å². The summed E-state index contributed by atoms with van der Waals surface area (Å²) in [6.07, 6.45) is -0.0100. The van der Waals surface area contributed by atoms with E-state index in [1.54, 1.807) is 42.3 Å². The van der Waals surface area contributed by atoms with Crippen LogP contribution in [0, 0.1) is 5.82 Å². The predicted molar refractivity (Wildman–Crippen MR) is 134 cm³/mol. The number of benzene rings is 3. The van der Waals surface area contributed by atoms with Crippen LogP contribution in [0.3, 0.4) is 0 Å². The van der Waals surface area contributed by atoms with E-state index in [1.807, 2.05) is 12.1 Å². The maximum Gasteiger partial charge on any atom is 0.238 e. The van der Waals surface area contributed by atoms with Crippen LogP contribution in [-0.4, -0.2) is 41.0 Å². The summed E-state index contributed by atoms with van der Waals surface area (Å²) in [5.74, 6) is 0.962. The zero-order valence-corrected chi connectivity index (χ0v) is 20.1. The summed E-state index contributed by atoms with van der Waals surface area (Å²) < 4.78 is 29.3. The summed E-state index contributed by atoms with van der Waals surface area (Å²) in [6.45, 7) is 0.413. The fourth-order valence-electron chi connectivity index (χ4n) is 3.74. The fraction of sp³-hybridized carbons (Fsp3) is 0.192. The first-order chi connectivity index (χ1) is 17.5. The Kier molecular flexibility index (Phi) is 6.77. The van der Waals surface area contributed by atoms with Gasteiger partial charge in [-0.25, -0.2) is 9.38 Å². The van der Waals surface area contributed by atoms with Crippen LogP contribution in [-0.2, 0) is 16.1 Å². The van der Waals surface area contributed by atoms with E-state index in [0.717, 1.165) is 5.56 Å². The third-order valence-corrected chi connectivity index (χ3v) is 6.81. The van der Waals surface area contributed by atoms with Gasteiger partial charge in [-0.2, -0.15) is 0 Å². The highest BCUT2D eigenvalue weighted by molar-refractivity contribution is 8.15. The number of nitrogens with one attached hydrogen (secondary N) is 1. The molecule has 0 spiro atoms. The van der Waals surface area contributed by atoms with Gasteiger partial charge in [-0.05, 0) is 66.2 Å². The van der Waals surface area contributed by atoms with Gasteiger partial charge in [0.15, 0.2) is 16.7 Å². The molecule has 0 saturated carbocycles. The molecule has 0 aromatic heterocycles. The van der Waals surface area contributed by atoms with Crippen molar-refractivity contribution in [3.05, 3.63) is 78.1 Å². The number of amides is 2. The number of nitrogens with zero attached hydrogens (tertiary/aromatic N) is 2. The van der Waals surface area contributed by atoms with E-state index < -0.39 is 11.1 Å². The van der Waals surface area contributed by atoms with Crippen LogP contribution in [0.25, 0.3) is 0 Å². The number of thioether (sulfide) groups is 1. The lowest BCUT2D eigenvalue weighted by atomic mass is 10.1. The van der Waals surface area contributed by atoms with E-state index >= 15 is 0 Å². The Labute approximate surface area is 211 Å². The number of halogens is 1. The zero-order valence-electron chi connectivity index (χ0n) is 19.3. The van der Waals surface area contributed by atoms with Crippen LogP contribution in [0.2, 0.25) is 0 Å². The zero-order chi connectivity index (χ0) is 25.1. The Morgan fingerprint density at radius 2 is 1.86 bits per heavy atom. The molecule has 3 aromatic rings. The molecule has 184 valence electrons. The SMILES string of the molecule is COc1ccc(N=C2S[C@@H](C(=O)Nc3ccc(F)cc3)CC(=O)N2Cc2ccc3c(c2)OCO3)cc1. The van der Waals surface area contributed by atoms with Crippen molar-refractivity contribution in [1.82, 2.24) is 4.90 Å².